The largest absolute Gasteiger partial charge is 0.455 e. The van der Waals surface area contributed by atoms with Crippen molar-refractivity contribution in [1.82, 2.24) is 9.29 Å². The number of sulfonamides is 1. The molecular formula is C19H19ClN4O7S. The monoisotopic (exact) mass is 482 g/mol. The summed E-state index contributed by atoms with van der Waals surface area (Å²) in [5.41, 5.74) is -0.464. The molecule has 2 heterocycles. The van der Waals surface area contributed by atoms with Crippen LogP contribution in [0.15, 0.2) is 47.6 Å². The molecule has 0 bridgehead atoms. The van der Waals surface area contributed by atoms with E-state index in [-0.39, 0.29) is 47.2 Å². The molecule has 1 fully saturated rings. The lowest BCUT2D eigenvalue weighted by Crippen LogP contribution is -2.41. The van der Waals surface area contributed by atoms with Crippen LogP contribution in [0.25, 0.3) is 0 Å². The Bertz CT molecular complexity index is 1120. The highest BCUT2D eigenvalue weighted by Gasteiger charge is 2.33. The van der Waals surface area contributed by atoms with Crippen LogP contribution in [0.5, 0.6) is 0 Å². The fraction of sp³-hybridized carbons (Fsp3) is 0.316. The van der Waals surface area contributed by atoms with Crippen molar-refractivity contribution in [2.75, 3.05) is 25.0 Å². The first kappa shape index (κ1) is 23.6. The molecule has 0 atom stereocenters. The van der Waals surface area contributed by atoms with Gasteiger partial charge in [0.2, 0.25) is 10.0 Å². The van der Waals surface area contributed by atoms with Crippen molar-refractivity contribution < 1.29 is 27.7 Å². The number of esters is 1. The molecule has 11 nitrogen and oxygen atoms in total. The van der Waals surface area contributed by atoms with Gasteiger partial charge in [0.1, 0.15) is 10.6 Å². The number of carbonyl (C=O) groups excluding carboxylic acids is 2. The molecule has 3 rings (SSSR count). The summed E-state index contributed by atoms with van der Waals surface area (Å²) in [5, 5.41) is 13.5. The number of carbonyl (C=O) groups is 2. The summed E-state index contributed by atoms with van der Waals surface area (Å²) in [5.74, 6) is -1.95. The summed E-state index contributed by atoms with van der Waals surface area (Å²) in [7, 11) is -3.70. The molecule has 13 heteroatoms. The van der Waals surface area contributed by atoms with Gasteiger partial charge in [-0.3, -0.25) is 24.7 Å². The number of ether oxygens (including phenoxy) is 1. The molecule has 0 radical (unpaired) electrons. The normalized spacial score (nSPS) is 15.2. The number of halogens is 1. The molecule has 0 saturated carbocycles. The van der Waals surface area contributed by atoms with E-state index in [0.717, 1.165) is 6.07 Å². The van der Waals surface area contributed by atoms with Crippen LogP contribution in [0.4, 0.5) is 11.4 Å². The van der Waals surface area contributed by atoms with E-state index < -0.39 is 39.3 Å². The standard InChI is InChI=1S/C19H19ClN4O7S/c20-14-3-4-16(17(10-14)24(27)28)22-18(25)12-31-19(26)13-5-8-23(9-6-13)32(29,30)15-2-1-7-21-11-15/h1-4,7,10-11,13H,5-6,8-9,12H2,(H,22,25). The lowest BCUT2D eigenvalue weighted by molar-refractivity contribution is -0.383. The predicted octanol–water partition coefficient (Wildman–Crippen LogP) is 2.23. The third-order valence-corrected chi connectivity index (χ3v) is 6.95. The van der Waals surface area contributed by atoms with Crippen molar-refractivity contribution in [3.63, 3.8) is 0 Å². The molecular weight excluding hydrogens is 464 g/mol. The number of nitro groups is 1. The van der Waals surface area contributed by atoms with Crippen LogP contribution >= 0.6 is 11.6 Å². The molecule has 0 unspecified atom stereocenters. The number of hydrogen-bond acceptors (Lipinski definition) is 8. The van der Waals surface area contributed by atoms with E-state index in [0.29, 0.717) is 0 Å². The summed E-state index contributed by atoms with van der Waals surface area (Å²) in [6.45, 7) is -0.382. The molecule has 1 N–H and O–H groups in total. The van der Waals surface area contributed by atoms with Crippen molar-refractivity contribution in [3.05, 3.63) is 57.9 Å². The number of anilines is 1. The van der Waals surface area contributed by atoms with Gasteiger partial charge in [0.05, 0.1) is 10.8 Å². The highest BCUT2D eigenvalue weighted by Crippen LogP contribution is 2.28. The maximum absolute atomic E-state index is 12.6. The van der Waals surface area contributed by atoms with Crippen molar-refractivity contribution >= 4 is 44.9 Å². The summed E-state index contributed by atoms with van der Waals surface area (Å²) >= 11 is 5.73. The van der Waals surface area contributed by atoms with E-state index in [2.05, 4.69) is 10.3 Å². The lowest BCUT2D eigenvalue weighted by atomic mass is 9.98. The number of amides is 1. The maximum Gasteiger partial charge on any atom is 0.309 e. The minimum absolute atomic E-state index is 0.0747. The minimum atomic E-state index is -3.70. The average molecular weight is 483 g/mol. The highest BCUT2D eigenvalue weighted by atomic mass is 35.5. The zero-order chi connectivity index (χ0) is 23.3. The molecule has 1 aliphatic rings. The second-order valence-electron chi connectivity index (χ2n) is 6.94. The number of benzene rings is 1. The van der Waals surface area contributed by atoms with Crippen LogP contribution in [0, 0.1) is 16.0 Å². The van der Waals surface area contributed by atoms with Crippen LogP contribution in [0.1, 0.15) is 12.8 Å². The number of nitrogens with one attached hydrogen (secondary N) is 1. The van der Waals surface area contributed by atoms with Crippen molar-refractivity contribution in [2.45, 2.75) is 17.7 Å². The Labute approximate surface area is 188 Å². The first-order chi connectivity index (χ1) is 15.2. The Kier molecular flexibility index (Phi) is 7.38. The second-order valence-corrected chi connectivity index (χ2v) is 9.32. The number of pyridine rings is 1. The maximum atomic E-state index is 12.6. The number of hydrogen-bond donors (Lipinski definition) is 1. The Hall–Kier alpha value is -3.09. The first-order valence-electron chi connectivity index (χ1n) is 9.49. The van der Waals surface area contributed by atoms with Gasteiger partial charge in [-0.2, -0.15) is 4.31 Å². The van der Waals surface area contributed by atoms with Gasteiger partial charge in [0.25, 0.3) is 11.6 Å². The Morgan fingerprint density at radius 1 is 1.28 bits per heavy atom. The summed E-state index contributed by atoms with van der Waals surface area (Å²) < 4.78 is 31.5. The lowest BCUT2D eigenvalue weighted by Gasteiger charge is -2.29. The topological polar surface area (TPSA) is 149 Å². The van der Waals surface area contributed by atoms with Gasteiger partial charge in [0.15, 0.2) is 6.61 Å². The van der Waals surface area contributed by atoms with Gasteiger partial charge in [-0.05, 0) is 37.1 Å². The number of piperidine rings is 1. The molecule has 170 valence electrons. The smallest absolute Gasteiger partial charge is 0.309 e. The Balaban J connectivity index is 1.50. The van der Waals surface area contributed by atoms with E-state index in [1.807, 2.05) is 0 Å². The molecule has 1 aliphatic heterocycles. The first-order valence-corrected chi connectivity index (χ1v) is 11.3. The number of nitro benzene ring substituents is 1. The van der Waals surface area contributed by atoms with Crippen molar-refractivity contribution in [3.8, 4) is 0 Å². The van der Waals surface area contributed by atoms with E-state index in [4.69, 9.17) is 16.3 Å². The van der Waals surface area contributed by atoms with E-state index >= 15 is 0 Å². The van der Waals surface area contributed by atoms with E-state index in [1.165, 1.54) is 41.0 Å². The third-order valence-electron chi connectivity index (χ3n) is 4.84. The van der Waals surface area contributed by atoms with Crippen LogP contribution in [-0.4, -0.2) is 54.2 Å². The van der Waals surface area contributed by atoms with Crippen molar-refractivity contribution in [2.24, 2.45) is 5.92 Å². The fourth-order valence-corrected chi connectivity index (χ4v) is 4.78. The molecule has 32 heavy (non-hydrogen) atoms. The summed E-state index contributed by atoms with van der Waals surface area (Å²) in [4.78, 5) is 38.6. The van der Waals surface area contributed by atoms with Crippen LogP contribution in [0.2, 0.25) is 5.02 Å². The molecule has 1 aromatic carbocycles. The molecule has 2 aromatic rings. The number of rotatable bonds is 7. The van der Waals surface area contributed by atoms with E-state index in [9.17, 15) is 28.1 Å². The Morgan fingerprint density at radius 2 is 2.00 bits per heavy atom. The molecule has 0 aliphatic carbocycles. The van der Waals surface area contributed by atoms with Crippen LogP contribution < -0.4 is 5.32 Å². The van der Waals surface area contributed by atoms with Gasteiger partial charge in [0, 0.05) is 36.6 Å². The highest BCUT2D eigenvalue weighted by molar-refractivity contribution is 7.89. The zero-order valence-corrected chi connectivity index (χ0v) is 18.2. The SMILES string of the molecule is O=C(COC(=O)C1CCN(S(=O)(=O)c2cccnc2)CC1)Nc1ccc(Cl)cc1[N+](=O)[O-]. The average Bonchev–Trinajstić information content (AvgIpc) is 2.79. The predicted molar refractivity (Wildman–Crippen MR) is 113 cm³/mol. The van der Waals surface area contributed by atoms with Gasteiger partial charge in [-0.15, -0.1) is 0 Å². The van der Waals surface area contributed by atoms with Gasteiger partial charge >= 0.3 is 5.97 Å². The quantitative estimate of drug-likeness (QED) is 0.358. The molecule has 0 spiro atoms. The van der Waals surface area contributed by atoms with E-state index in [1.54, 1.807) is 0 Å². The van der Waals surface area contributed by atoms with Gasteiger partial charge in [-0.1, -0.05) is 11.6 Å². The number of nitrogens with zero attached hydrogens (tertiary/aromatic N) is 3. The molecule has 1 aromatic heterocycles. The summed E-state index contributed by atoms with van der Waals surface area (Å²) in [6, 6.07) is 6.73. The second kappa shape index (κ2) is 10.0. The third kappa shape index (κ3) is 5.58. The van der Waals surface area contributed by atoms with Crippen molar-refractivity contribution in [1.29, 1.82) is 0 Å². The molecule has 1 saturated heterocycles. The number of aromatic nitrogens is 1. The minimum Gasteiger partial charge on any atom is -0.455 e. The van der Waals surface area contributed by atoms with Crippen LogP contribution in [-0.2, 0) is 24.3 Å². The van der Waals surface area contributed by atoms with Crippen LogP contribution in [0.3, 0.4) is 0 Å². The zero-order valence-electron chi connectivity index (χ0n) is 16.6. The van der Waals surface area contributed by atoms with Gasteiger partial charge in [-0.25, -0.2) is 8.42 Å². The molecule has 1 amide bonds. The Morgan fingerprint density at radius 3 is 2.62 bits per heavy atom. The van der Waals surface area contributed by atoms with Gasteiger partial charge < -0.3 is 10.1 Å². The summed E-state index contributed by atoms with van der Waals surface area (Å²) in [6.07, 6.45) is 3.22. The fourth-order valence-electron chi connectivity index (χ4n) is 3.18.